The number of carbonyl (C=O) groups is 3. The minimum atomic E-state index is -1.00. The largest absolute Gasteiger partial charge is 0.368 e. The number of hydrogen-bond acceptors (Lipinski definition) is 4. The van der Waals surface area contributed by atoms with Crippen molar-refractivity contribution in [3.05, 3.63) is 0 Å². The molecule has 78 valence electrons. The number of nitrogens with two attached hydrogens (primary N) is 2. The van der Waals surface area contributed by atoms with Gasteiger partial charge in [-0.15, -0.1) is 0 Å². The highest BCUT2D eigenvalue weighted by Crippen LogP contribution is 2.11. The summed E-state index contributed by atoms with van der Waals surface area (Å²) in [5, 5.41) is 0. The molecule has 1 heterocycles. The number of likely N-dealkylation sites (tertiary alicyclic amines) is 1. The molecule has 6 heteroatoms. The van der Waals surface area contributed by atoms with Gasteiger partial charge in [0.25, 0.3) is 0 Å². The van der Waals surface area contributed by atoms with Crippen molar-refractivity contribution >= 4 is 17.7 Å². The Morgan fingerprint density at radius 2 is 2.14 bits per heavy atom. The van der Waals surface area contributed by atoms with Gasteiger partial charge in [0.2, 0.25) is 17.7 Å². The molecule has 1 atom stereocenters. The van der Waals surface area contributed by atoms with E-state index in [0.717, 1.165) is 4.90 Å². The van der Waals surface area contributed by atoms with E-state index in [1.54, 1.807) is 0 Å². The van der Waals surface area contributed by atoms with E-state index in [0.29, 0.717) is 19.4 Å². The van der Waals surface area contributed by atoms with Gasteiger partial charge in [0.15, 0.2) is 0 Å². The zero-order chi connectivity index (χ0) is 10.7. The van der Waals surface area contributed by atoms with Crippen LogP contribution in [0, 0.1) is 0 Å². The summed E-state index contributed by atoms with van der Waals surface area (Å²) >= 11 is 0. The number of carbonyl (C=O) groups excluding carboxylic acids is 3. The average molecular weight is 199 g/mol. The summed E-state index contributed by atoms with van der Waals surface area (Å²) in [5.74, 6) is -1.35. The van der Waals surface area contributed by atoms with Gasteiger partial charge in [0, 0.05) is 13.0 Å². The second-order valence-electron chi connectivity index (χ2n) is 3.26. The fourth-order valence-corrected chi connectivity index (χ4v) is 1.31. The molecular formula is C8H13N3O3. The Morgan fingerprint density at radius 1 is 1.50 bits per heavy atom. The molecule has 0 aromatic rings. The summed E-state index contributed by atoms with van der Waals surface area (Å²) in [7, 11) is 0. The Balaban J connectivity index is 2.49. The molecule has 3 amide bonds. The molecule has 6 nitrogen and oxygen atoms in total. The third kappa shape index (κ3) is 2.29. The summed E-state index contributed by atoms with van der Waals surface area (Å²) in [6, 6.07) is -1.00. The Hall–Kier alpha value is -1.43. The minimum Gasteiger partial charge on any atom is -0.368 e. The summed E-state index contributed by atoms with van der Waals surface area (Å²) in [6.07, 6.45) is 0.870. The lowest BCUT2D eigenvalue weighted by Gasteiger charge is -2.14. The van der Waals surface area contributed by atoms with E-state index in [2.05, 4.69) is 0 Å². The molecule has 14 heavy (non-hydrogen) atoms. The minimum absolute atomic E-state index is 0.193. The summed E-state index contributed by atoms with van der Waals surface area (Å²) < 4.78 is 0. The maximum Gasteiger partial charge on any atom is 0.234 e. The second-order valence-corrected chi connectivity index (χ2v) is 3.26. The molecule has 1 aliphatic heterocycles. The van der Waals surface area contributed by atoms with Gasteiger partial charge in [0.05, 0.1) is 12.5 Å². The van der Waals surface area contributed by atoms with Gasteiger partial charge in [-0.1, -0.05) is 0 Å². The normalized spacial score (nSPS) is 18.4. The number of hydrogen-bond donors (Lipinski definition) is 2. The van der Waals surface area contributed by atoms with Gasteiger partial charge in [-0.2, -0.15) is 0 Å². The standard InChI is InChI=1S/C8H13N3O3/c9-5(8(10)14)4-7(13)11-3-1-2-6(11)12/h5H,1-4,9H2,(H2,10,14)/t5-/m1/s1. The quantitative estimate of drug-likeness (QED) is 0.567. The van der Waals surface area contributed by atoms with E-state index in [4.69, 9.17) is 11.5 Å². The van der Waals surface area contributed by atoms with Crippen LogP contribution in [0.3, 0.4) is 0 Å². The highest BCUT2D eigenvalue weighted by Gasteiger charge is 2.28. The first-order valence-electron chi connectivity index (χ1n) is 4.40. The van der Waals surface area contributed by atoms with Crippen LogP contribution >= 0.6 is 0 Å². The Kier molecular flexibility index (Phi) is 3.19. The molecule has 1 saturated heterocycles. The maximum absolute atomic E-state index is 11.4. The molecule has 0 aromatic carbocycles. The van der Waals surface area contributed by atoms with Crippen molar-refractivity contribution in [3.63, 3.8) is 0 Å². The van der Waals surface area contributed by atoms with Crippen molar-refractivity contribution in [3.8, 4) is 0 Å². The smallest absolute Gasteiger partial charge is 0.234 e. The van der Waals surface area contributed by atoms with Crippen molar-refractivity contribution < 1.29 is 14.4 Å². The first kappa shape index (κ1) is 10.6. The predicted molar refractivity (Wildman–Crippen MR) is 47.7 cm³/mol. The molecule has 0 spiro atoms. The Bertz CT molecular complexity index is 277. The fourth-order valence-electron chi connectivity index (χ4n) is 1.31. The van der Waals surface area contributed by atoms with Crippen LogP contribution in [0.15, 0.2) is 0 Å². The lowest BCUT2D eigenvalue weighted by molar-refractivity contribution is -0.143. The van der Waals surface area contributed by atoms with Crippen LogP contribution in [0.5, 0.6) is 0 Å². The van der Waals surface area contributed by atoms with E-state index in [9.17, 15) is 14.4 Å². The fraction of sp³-hybridized carbons (Fsp3) is 0.625. The molecule has 4 N–H and O–H groups in total. The van der Waals surface area contributed by atoms with Gasteiger partial charge < -0.3 is 11.5 Å². The van der Waals surface area contributed by atoms with Crippen molar-refractivity contribution in [1.82, 2.24) is 4.90 Å². The van der Waals surface area contributed by atoms with Gasteiger partial charge in [-0.25, -0.2) is 0 Å². The number of rotatable bonds is 3. The first-order chi connectivity index (χ1) is 6.52. The van der Waals surface area contributed by atoms with Gasteiger partial charge in [-0.3, -0.25) is 19.3 Å². The lowest BCUT2D eigenvalue weighted by Crippen LogP contribution is -2.42. The van der Waals surface area contributed by atoms with Crippen molar-refractivity contribution in [2.75, 3.05) is 6.54 Å². The summed E-state index contributed by atoms with van der Waals surface area (Å²) in [4.78, 5) is 34.2. The van der Waals surface area contributed by atoms with E-state index >= 15 is 0 Å². The molecule has 1 fully saturated rings. The van der Waals surface area contributed by atoms with Gasteiger partial charge in [0.1, 0.15) is 0 Å². The molecule has 0 saturated carbocycles. The molecule has 1 aliphatic rings. The third-order valence-corrected chi connectivity index (χ3v) is 2.13. The van der Waals surface area contributed by atoms with E-state index in [1.807, 2.05) is 0 Å². The average Bonchev–Trinajstić information content (AvgIpc) is 2.51. The van der Waals surface area contributed by atoms with Crippen LogP contribution in [0.25, 0.3) is 0 Å². The zero-order valence-corrected chi connectivity index (χ0v) is 7.73. The SMILES string of the molecule is NC(=O)[C@H](N)CC(=O)N1CCCC1=O. The van der Waals surface area contributed by atoms with E-state index in [-0.39, 0.29) is 12.3 Å². The Morgan fingerprint density at radius 3 is 2.57 bits per heavy atom. The molecule has 0 bridgehead atoms. The number of primary amides is 1. The summed E-state index contributed by atoms with van der Waals surface area (Å²) in [5.41, 5.74) is 10.2. The van der Waals surface area contributed by atoms with Crippen LogP contribution in [-0.4, -0.2) is 35.2 Å². The van der Waals surface area contributed by atoms with Crippen LogP contribution in [0.1, 0.15) is 19.3 Å². The number of nitrogens with zero attached hydrogens (tertiary/aromatic N) is 1. The highest BCUT2D eigenvalue weighted by molar-refractivity contribution is 5.98. The van der Waals surface area contributed by atoms with Gasteiger partial charge >= 0.3 is 0 Å². The second kappa shape index (κ2) is 4.19. The maximum atomic E-state index is 11.4. The van der Waals surface area contributed by atoms with Crippen molar-refractivity contribution in [2.24, 2.45) is 11.5 Å². The molecule has 0 unspecified atom stereocenters. The monoisotopic (exact) mass is 199 g/mol. The van der Waals surface area contributed by atoms with Gasteiger partial charge in [-0.05, 0) is 6.42 Å². The van der Waals surface area contributed by atoms with Crippen LogP contribution in [-0.2, 0) is 14.4 Å². The summed E-state index contributed by atoms with van der Waals surface area (Å²) in [6.45, 7) is 0.420. The van der Waals surface area contributed by atoms with E-state index in [1.165, 1.54) is 0 Å². The van der Waals surface area contributed by atoms with Crippen LogP contribution in [0.4, 0.5) is 0 Å². The van der Waals surface area contributed by atoms with Crippen LogP contribution < -0.4 is 11.5 Å². The highest BCUT2D eigenvalue weighted by atomic mass is 16.2. The predicted octanol–water partition coefficient (Wildman–Crippen LogP) is -1.66. The molecule has 1 rings (SSSR count). The van der Waals surface area contributed by atoms with E-state index < -0.39 is 17.9 Å². The number of imide groups is 1. The van der Waals surface area contributed by atoms with Crippen molar-refractivity contribution in [1.29, 1.82) is 0 Å². The third-order valence-electron chi connectivity index (χ3n) is 2.13. The molecule has 0 aliphatic carbocycles. The number of amides is 3. The first-order valence-corrected chi connectivity index (χ1v) is 4.40. The molecule has 0 aromatic heterocycles. The molecular weight excluding hydrogens is 186 g/mol. The Labute approximate surface area is 81.2 Å². The van der Waals surface area contributed by atoms with Crippen LogP contribution in [0.2, 0.25) is 0 Å². The topological polar surface area (TPSA) is 106 Å². The van der Waals surface area contributed by atoms with Crippen molar-refractivity contribution in [2.45, 2.75) is 25.3 Å². The molecule has 0 radical (unpaired) electrons. The lowest BCUT2D eigenvalue weighted by atomic mass is 10.2. The zero-order valence-electron chi connectivity index (χ0n) is 7.73.